The van der Waals surface area contributed by atoms with Crippen LogP contribution in [0.4, 0.5) is 0 Å². The van der Waals surface area contributed by atoms with Crippen LogP contribution in [0.5, 0.6) is 0 Å². The van der Waals surface area contributed by atoms with E-state index < -0.39 is 0 Å². The molecule has 96 valence electrons. The molecule has 2 unspecified atom stereocenters. The van der Waals surface area contributed by atoms with Crippen molar-refractivity contribution in [2.75, 3.05) is 13.2 Å². The Kier molecular flexibility index (Phi) is 7.47. The van der Waals surface area contributed by atoms with Crippen molar-refractivity contribution in [2.45, 2.75) is 64.2 Å². The van der Waals surface area contributed by atoms with Crippen LogP contribution in [-0.2, 0) is 4.74 Å². The maximum Gasteiger partial charge on any atom is 0.0469 e. The molecule has 1 aliphatic carbocycles. The van der Waals surface area contributed by atoms with Crippen molar-refractivity contribution in [3.63, 3.8) is 0 Å². The third-order valence-electron chi connectivity index (χ3n) is 3.54. The first-order chi connectivity index (χ1) is 7.70. The molecule has 0 heterocycles. The Balaban J connectivity index is 2.06. The highest BCUT2D eigenvalue weighted by Gasteiger charge is 2.21. The van der Waals surface area contributed by atoms with Gasteiger partial charge in [0.05, 0.1) is 0 Å². The van der Waals surface area contributed by atoms with Crippen LogP contribution in [0, 0.1) is 11.8 Å². The Labute approximate surface area is 106 Å². The van der Waals surface area contributed by atoms with E-state index >= 15 is 0 Å². The Morgan fingerprint density at radius 1 is 1.12 bits per heavy atom. The number of alkyl halides is 1. The topological polar surface area (TPSA) is 9.23 Å². The Morgan fingerprint density at radius 2 is 1.88 bits per heavy atom. The first-order valence-corrected chi connectivity index (χ1v) is 7.35. The van der Waals surface area contributed by atoms with E-state index in [1.165, 1.54) is 38.5 Å². The average Bonchev–Trinajstić information content (AvgIpc) is 2.43. The lowest BCUT2D eigenvalue weighted by atomic mass is 9.96. The second kappa shape index (κ2) is 8.36. The smallest absolute Gasteiger partial charge is 0.0469 e. The van der Waals surface area contributed by atoms with Crippen molar-refractivity contribution in [3.05, 3.63) is 0 Å². The van der Waals surface area contributed by atoms with Gasteiger partial charge in [0.2, 0.25) is 0 Å². The van der Waals surface area contributed by atoms with Gasteiger partial charge in [-0.1, -0.05) is 33.1 Å². The van der Waals surface area contributed by atoms with Crippen LogP contribution >= 0.6 is 11.6 Å². The lowest BCUT2D eigenvalue weighted by Crippen LogP contribution is -2.16. The summed E-state index contributed by atoms with van der Waals surface area (Å²) in [5.74, 6) is 1.45. The minimum absolute atomic E-state index is 0.399. The molecule has 2 atom stereocenters. The monoisotopic (exact) mass is 246 g/mol. The fourth-order valence-electron chi connectivity index (χ4n) is 2.32. The van der Waals surface area contributed by atoms with Crippen molar-refractivity contribution >= 4 is 11.6 Å². The van der Waals surface area contributed by atoms with Crippen LogP contribution in [0.1, 0.15) is 58.8 Å². The van der Waals surface area contributed by atoms with Crippen LogP contribution in [0.2, 0.25) is 0 Å². The summed E-state index contributed by atoms with van der Waals surface area (Å²) >= 11 is 6.39. The van der Waals surface area contributed by atoms with Gasteiger partial charge in [-0.2, -0.15) is 0 Å². The minimum atomic E-state index is 0.399. The van der Waals surface area contributed by atoms with E-state index in [4.69, 9.17) is 16.3 Å². The third kappa shape index (κ3) is 6.10. The fourth-order valence-corrected chi connectivity index (χ4v) is 2.73. The first kappa shape index (κ1) is 14.3. The Hall–Kier alpha value is 0.250. The predicted molar refractivity (Wildman–Crippen MR) is 71.1 cm³/mol. The maximum absolute atomic E-state index is 6.39. The summed E-state index contributed by atoms with van der Waals surface area (Å²) in [5, 5.41) is 0.399. The van der Waals surface area contributed by atoms with Gasteiger partial charge in [0.15, 0.2) is 0 Å². The van der Waals surface area contributed by atoms with Gasteiger partial charge < -0.3 is 4.74 Å². The molecule has 2 heteroatoms. The Morgan fingerprint density at radius 3 is 2.62 bits per heavy atom. The summed E-state index contributed by atoms with van der Waals surface area (Å²) < 4.78 is 5.68. The lowest BCUT2D eigenvalue weighted by molar-refractivity contribution is 0.109. The van der Waals surface area contributed by atoms with Gasteiger partial charge >= 0.3 is 0 Å². The lowest BCUT2D eigenvalue weighted by Gasteiger charge is -2.19. The summed E-state index contributed by atoms with van der Waals surface area (Å²) in [5.41, 5.74) is 0. The Bertz CT molecular complexity index is 170. The van der Waals surface area contributed by atoms with E-state index in [2.05, 4.69) is 13.8 Å². The molecular weight excluding hydrogens is 220 g/mol. The number of hydrogen-bond donors (Lipinski definition) is 0. The van der Waals surface area contributed by atoms with Gasteiger partial charge in [-0.05, 0) is 37.5 Å². The molecule has 1 nitrogen and oxygen atoms in total. The van der Waals surface area contributed by atoms with Gasteiger partial charge in [0.1, 0.15) is 0 Å². The molecule has 0 amide bonds. The van der Waals surface area contributed by atoms with Crippen LogP contribution in [-0.4, -0.2) is 18.6 Å². The van der Waals surface area contributed by atoms with E-state index in [1.807, 2.05) is 0 Å². The molecule has 1 aliphatic rings. The molecular formula is C14H27ClO. The van der Waals surface area contributed by atoms with Crippen molar-refractivity contribution in [1.29, 1.82) is 0 Å². The number of halogens is 1. The van der Waals surface area contributed by atoms with Crippen molar-refractivity contribution in [2.24, 2.45) is 11.8 Å². The highest BCUT2D eigenvalue weighted by atomic mass is 35.5. The predicted octanol–water partition coefficient (Wildman–Crippen LogP) is 4.63. The van der Waals surface area contributed by atoms with E-state index in [0.717, 1.165) is 25.6 Å². The zero-order chi connectivity index (χ0) is 11.8. The van der Waals surface area contributed by atoms with E-state index in [1.54, 1.807) is 0 Å². The van der Waals surface area contributed by atoms with Crippen molar-refractivity contribution < 1.29 is 4.74 Å². The molecule has 16 heavy (non-hydrogen) atoms. The second-order valence-electron chi connectivity index (χ2n) is 5.50. The summed E-state index contributed by atoms with van der Waals surface area (Å²) in [6.07, 6.45) is 8.90. The summed E-state index contributed by atoms with van der Waals surface area (Å²) in [6, 6.07) is 0. The highest BCUT2D eigenvalue weighted by Crippen LogP contribution is 2.29. The van der Waals surface area contributed by atoms with Crippen LogP contribution in [0.3, 0.4) is 0 Å². The van der Waals surface area contributed by atoms with Crippen LogP contribution in [0.25, 0.3) is 0 Å². The number of ether oxygens (including phenoxy) is 1. The largest absolute Gasteiger partial charge is 0.381 e. The van der Waals surface area contributed by atoms with Crippen molar-refractivity contribution in [1.82, 2.24) is 0 Å². The van der Waals surface area contributed by atoms with Crippen molar-refractivity contribution in [3.8, 4) is 0 Å². The fraction of sp³-hybridized carbons (Fsp3) is 1.00. The van der Waals surface area contributed by atoms with Crippen LogP contribution in [0.15, 0.2) is 0 Å². The van der Waals surface area contributed by atoms with Gasteiger partial charge in [0.25, 0.3) is 0 Å². The van der Waals surface area contributed by atoms with Gasteiger partial charge in [-0.3, -0.25) is 0 Å². The van der Waals surface area contributed by atoms with E-state index in [-0.39, 0.29) is 0 Å². The molecule has 0 N–H and O–H groups in total. The molecule has 0 radical (unpaired) electrons. The number of hydrogen-bond acceptors (Lipinski definition) is 1. The SMILES string of the molecule is CC(C)CCOCCC1CCCCCC1Cl. The first-order valence-electron chi connectivity index (χ1n) is 6.92. The molecule has 0 aromatic carbocycles. The highest BCUT2D eigenvalue weighted by molar-refractivity contribution is 6.20. The molecule has 1 fully saturated rings. The quantitative estimate of drug-likeness (QED) is 0.377. The van der Waals surface area contributed by atoms with E-state index in [9.17, 15) is 0 Å². The summed E-state index contributed by atoms with van der Waals surface area (Å²) in [7, 11) is 0. The molecule has 1 rings (SSSR count). The van der Waals surface area contributed by atoms with Gasteiger partial charge in [0, 0.05) is 18.6 Å². The molecule has 0 saturated heterocycles. The summed E-state index contributed by atoms with van der Waals surface area (Å²) in [6.45, 7) is 6.30. The standard InChI is InChI=1S/C14H27ClO/c1-12(2)8-10-16-11-9-13-6-4-3-5-7-14(13)15/h12-14H,3-11H2,1-2H3. The second-order valence-corrected chi connectivity index (χ2v) is 6.06. The molecule has 0 spiro atoms. The zero-order valence-corrected chi connectivity index (χ0v) is 11.6. The molecule has 0 aliphatic heterocycles. The molecule has 0 bridgehead atoms. The van der Waals surface area contributed by atoms with Gasteiger partial charge in [-0.25, -0.2) is 0 Å². The van der Waals surface area contributed by atoms with E-state index in [0.29, 0.717) is 11.3 Å². The molecule has 1 saturated carbocycles. The van der Waals surface area contributed by atoms with Crippen LogP contribution < -0.4 is 0 Å². The minimum Gasteiger partial charge on any atom is -0.381 e. The third-order valence-corrected chi connectivity index (χ3v) is 4.11. The maximum atomic E-state index is 6.39. The summed E-state index contributed by atoms with van der Waals surface area (Å²) in [4.78, 5) is 0. The average molecular weight is 247 g/mol. The molecule has 0 aromatic heterocycles. The number of rotatable bonds is 6. The normalized spacial score (nSPS) is 27.0. The zero-order valence-electron chi connectivity index (χ0n) is 10.9. The van der Waals surface area contributed by atoms with Gasteiger partial charge in [-0.15, -0.1) is 11.6 Å². The molecule has 0 aromatic rings.